The van der Waals surface area contributed by atoms with Crippen LogP contribution < -0.4 is 0 Å². The largest absolute Gasteiger partial charge is 0.478 e. The molecule has 0 aromatic rings. The van der Waals surface area contributed by atoms with Crippen molar-refractivity contribution in [1.82, 2.24) is 0 Å². The van der Waals surface area contributed by atoms with Gasteiger partial charge in [-0.15, -0.1) is 0 Å². The van der Waals surface area contributed by atoms with Crippen molar-refractivity contribution in [3.63, 3.8) is 0 Å². The zero-order chi connectivity index (χ0) is 13.6. The number of unbranched alkanes of at least 4 members (excludes halogenated alkanes) is 8. The lowest BCUT2D eigenvalue weighted by Gasteiger charge is -2.03. The molecule has 1 N–H and O–H groups in total. The molecule has 0 aliphatic rings. The molecular formula is C15H28O3. The van der Waals surface area contributed by atoms with Crippen molar-refractivity contribution < 1.29 is 14.6 Å². The minimum atomic E-state index is -0.856. The molecule has 0 bridgehead atoms. The summed E-state index contributed by atoms with van der Waals surface area (Å²) in [5.74, 6) is -0.856. The van der Waals surface area contributed by atoms with E-state index in [9.17, 15) is 4.79 Å². The lowest BCUT2D eigenvalue weighted by Crippen LogP contribution is -1.98. The van der Waals surface area contributed by atoms with Crippen molar-refractivity contribution in [2.45, 2.75) is 64.2 Å². The van der Waals surface area contributed by atoms with Crippen molar-refractivity contribution in [1.29, 1.82) is 0 Å². The molecule has 0 aromatic heterocycles. The van der Waals surface area contributed by atoms with Gasteiger partial charge in [0, 0.05) is 19.3 Å². The average Bonchev–Trinajstić information content (AvgIpc) is 2.35. The van der Waals surface area contributed by atoms with Gasteiger partial charge in [0.2, 0.25) is 0 Å². The van der Waals surface area contributed by atoms with E-state index in [-0.39, 0.29) is 0 Å². The molecule has 0 aliphatic heterocycles. The lowest BCUT2D eigenvalue weighted by molar-refractivity contribution is -0.132. The Balaban J connectivity index is 3.07. The summed E-state index contributed by atoms with van der Waals surface area (Å²) in [6.07, 6.45) is 11.5. The van der Waals surface area contributed by atoms with Crippen molar-refractivity contribution >= 4 is 5.97 Å². The maximum atomic E-state index is 10.5. The first-order valence-corrected chi connectivity index (χ1v) is 7.08. The Bertz CT molecular complexity index is 224. The first kappa shape index (κ1) is 17.2. The number of hydrogen-bond donors (Lipinski definition) is 1. The van der Waals surface area contributed by atoms with Crippen molar-refractivity contribution in [2.24, 2.45) is 0 Å². The molecule has 3 nitrogen and oxygen atoms in total. The van der Waals surface area contributed by atoms with Crippen LogP contribution in [0.15, 0.2) is 12.2 Å². The number of aliphatic carboxylic acids is 1. The monoisotopic (exact) mass is 256 g/mol. The second-order valence-electron chi connectivity index (χ2n) is 4.83. The Kier molecular flexibility index (Phi) is 12.0. The van der Waals surface area contributed by atoms with Crippen molar-refractivity contribution in [2.75, 3.05) is 13.7 Å². The van der Waals surface area contributed by atoms with Crippen LogP contribution in [0.5, 0.6) is 0 Å². The van der Waals surface area contributed by atoms with E-state index in [0.717, 1.165) is 19.4 Å². The SMILES string of the molecule is C=C(CCCCCCCCCCCOC)C(=O)O. The molecule has 0 unspecified atom stereocenters. The predicted octanol–water partition coefficient (Wildman–Crippen LogP) is 4.17. The number of hydrogen-bond acceptors (Lipinski definition) is 2. The van der Waals surface area contributed by atoms with Crippen LogP contribution in [0.25, 0.3) is 0 Å². The molecule has 3 heteroatoms. The smallest absolute Gasteiger partial charge is 0.330 e. The van der Waals surface area contributed by atoms with E-state index in [1.807, 2.05) is 0 Å². The predicted molar refractivity (Wildman–Crippen MR) is 74.8 cm³/mol. The fraction of sp³-hybridized carbons (Fsp3) is 0.800. The molecule has 0 rings (SSSR count). The highest BCUT2D eigenvalue weighted by Gasteiger charge is 2.02. The van der Waals surface area contributed by atoms with Gasteiger partial charge < -0.3 is 9.84 Å². The van der Waals surface area contributed by atoms with Gasteiger partial charge in [0.1, 0.15) is 0 Å². The van der Waals surface area contributed by atoms with Crippen LogP contribution in [0, 0.1) is 0 Å². The maximum absolute atomic E-state index is 10.5. The van der Waals surface area contributed by atoms with Gasteiger partial charge in [-0.05, 0) is 19.3 Å². The standard InChI is InChI=1S/C15H28O3/c1-14(15(16)17)12-10-8-6-4-3-5-7-9-11-13-18-2/h1,3-13H2,2H3,(H,16,17). The fourth-order valence-electron chi connectivity index (χ4n) is 1.93. The fourth-order valence-corrected chi connectivity index (χ4v) is 1.93. The van der Waals surface area contributed by atoms with Gasteiger partial charge in [0.25, 0.3) is 0 Å². The normalized spacial score (nSPS) is 10.5. The Morgan fingerprint density at radius 1 is 0.944 bits per heavy atom. The number of carbonyl (C=O) groups is 1. The van der Waals surface area contributed by atoms with E-state index in [0.29, 0.717) is 12.0 Å². The molecule has 0 heterocycles. The van der Waals surface area contributed by atoms with Crippen LogP contribution in [-0.4, -0.2) is 24.8 Å². The van der Waals surface area contributed by atoms with E-state index in [4.69, 9.17) is 9.84 Å². The Labute approximate surface area is 111 Å². The molecule has 0 spiro atoms. The van der Waals surface area contributed by atoms with Crippen LogP contribution in [0.4, 0.5) is 0 Å². The second kappa shape index (κ2) is 12.6. The lowest BCUT2D eigenvalue weighted by atomic mass is 10.0. The molecule has 106 valence electrons. The second-order valence-corrected chi connectivity index (χ2v) is 4.83. The van der Waals surface area contributed by atoms with Gasteiger partial charge in [0.05, 0.1) is 0 Å². The van der Waals surface area contributed by atoms with Crippen LogP contribution >= 0.6 is 0 Å². The summed E-state index contributed by atoms with van der Waals surface area (Å²) in [5, 5.41) is 8.63. The number of ether oxygens (including phenoxy) is 1. The Morgan fingerprint density at radius 2 is 1.39 bits per heavy atom. The third-order valence-electron chi connectivity index (χ3n) is 3.13. The van der Waals surface area contributed by atoms with Crippen LogP contribution in [-0.2, 0) is 9.53 Å². The molecule has 0 fully saturated rings. The van der Waals surface area contributed by atoms with Gasteiger partial charge in [-0.25, -0.2) is 4.79 Å². The molecule has 0 saturated carbocycles. The number of rotatable bonds is 13. The highest BCUT2D eigenvalue weighted by Crippen LogP contribution is 2.12. The van der Waals surface area contributed by atoms with Crippen LogP contribution in [0.1, 0.15) is 64.2 Å². The van der Waals surface area contributed by atoms with Crippen molar-refractivity contribution in [3.8, 4) is 0 Å². The molecule has 18 heavy (non-hydrogen) atoms. The summed E-state index contributed by atoms with van der Waals surface area (Å²) < 4.78 is 5.00. The number of methoxy groups -OCH3 is 1. The summed E-state index contributed by atoms with van der Waals surface area (Å²) in [5.41, 5.74) is 0.341. The van der Waals surface area contributed by atoms with E-state index >= 15 is 0 Å². The molecule has 0 saturated heterocycles. The summed E-state index contributed by atoms with van der Waals surface area (Å²) in [4.78, 5) is 10.5. The van der Waals surface area contributed by atoms with E-state index in [1.165, 1.54) is 44.9 Å². The van der Waals surface area contributed by atoms with Gasteiger partial charge in [0.15, 0.2) is 0 Å². The zero-order valence-electron chi connectivity index (χ0n) is 11.7. The highest BCUT2D eigenvalue weighted by molar-refractivity contribution is 5.85. The number of carboxylic acid groups (broad SMARTS) is 1. The Hall–Kier alpha value is -0.830. The van der Waals surface area contributed by atoms with Crippen LogP contribution in [0.3, 0.4) is 0 Å². The molecule has 0 radical (unpaired) electrons. The summed E-state index contributed by atoms with van der Waals surface area (Å²) in [6, 6.07) is 0. The third-order valence-corrected chi connectivity index (χ3v) is 3.13. The minimum absolute atomic E-state index is 0.341. The molecule has 0 aromatic carbocycles. The zero-order valence-corrected chi connectivity index (χ0v) is 11.7. The van der Waals surface area contributed by atoms with Crippen molar-refractivity contribution in [3.05, 3.63) is 12.2 Å². The van der Waals surface area contributed by atoms with Gasteiger partial charge in [-0.3, -0.25) is 0 Å². The molecule has 0 aliphatic carbocycles. The first-order chi connectivity index (χ1) is 8.68. The molecular weight excluding hydrogens is 228 g/mol. The first-order valence-electron chi connectivity index (χ1n) is 7.08. The van der Waals surface area contributed by atoms with E-state index in [2.05, 4.69) is 6.58 Å². The minimum Gasteiger partial charge on any atom is -0.478 e. The topological polar surface area (TPSA) is 46.5 Å². The third kappa shape index (κ3) is 11.6. The van der Waals surface area contributed by atoms with E-state index in [1.54, 1.807) is 7.11 Å². The maximum Gasteiger partial charge on any atom is 0.330 e. The summed E-state index contributed by atoms with van der Waals surface area (Å²) in [6.45, 7) is 4.41. The van der Waals surface area contributed by atoms with Gasteiger partial charge in [-0.1, -0.05) is 51.5 Å². The highest BCUT2D eigenvalue weighted by atomic mass is 16.5. The quantitative estimate of drug-likeness (QED) is 0.397. The summed E-state index contributed by atoms with van der Waals surface area (Å²) >= 11 is 0. The molecule has 0 atom stereocenters. The van der Waals surface area contributed by atoms with Gasteiger partial charge in [-0.2, -0.15) is 0 Å². The van der Waals surface area contributed by atoms with Gasteiger partial charge >= 0.3 is 5.97 Å². The van der Waals surface area contributed by atoms with E-state index < -0.39 is 5.97 Å². The number of carboxylic acids is 1. The Morgan fingerprint density at radius 3 is 1.83 bits per heavy atom. The molecule has 0 amide bonds. The average molecular weight is 256 g/mol. The van der Waals surface area contributed by atoms with Crippen LogP contribution in [0.2, 0.25) is 0 Å². The summed E-state index contributed by atoms with van der Waals surface area (Å²) in [7, 11) is 1.75.